The van der Waals surface area contributed by atoms with Gasteiger partial charge < -0.3 is 10.7 Å². The van der Waals surface area contributed by atoms with Gasteiger partial charge in [0.25, 0.3) is 11.5 Å². The summed E-state index contributed by atoms with van der Waals surface area (Å²) in [5.41, 5.74) is 8.69. The predicted molar refractivity (Wildman–Crippen MR) is 73.0 cm³/mol. The number of primary amides is 1. The normalized spacial score (nSPS) is 10.5. The summed E-state index contributed by atoms with van der Waals surface area (Å²) in [5.74, 6) is -0.744. The van der Waals surface area contributed by atoms with Crippen LogP contribution in [0.25, 0.3) is 11.3 Å². The van der Waals surface area contributed by atoms with Crippen molar-refractivity contribution in [3.05, 3.63) is 51.1 Å². The minimum absolute atomic E-state index is 0.0541. The Balaban J connectivity index is 2.71. The molecule has 19 heavy (non-hydrogen) atoms. The molecule has 98 valence electrons. The van der Waals surface area contributed by atoms with E-state index in [-0.39, 0.29) is 5.56 Å². The standard InChI is InChI=1S/C14H15N3O2/c1-7-4-8(2)16-12(5-7)10-6-11(13(15)18)14(19)17-9(10)3/h4-6H,1-3H3,(H2,15,18)(H,17,19). The van der Waals surface area contributed by atoms with Crippen molar-refractivity contribution in [2.24, 2.45) is 5.73 Å². The third-order valence-electron chi connectivity index (χ3n) is 2.88. The number of carbonyl (C=O) groups excluding carboxylic acids is 1. The van der Waals surface area contributed by atoms with E-state index < -0.39 is 11.5 Å². The maximum atomic E-state index is 11.6. The number of aromatic nitrogens is 2. The number of aromatic amines is 1. The summed E-state index contributed by atoms with van der Waals surface area (Å²) >= 11 is 0. The van der Waals surface area contributed by atoms with Crippen LogP contribution in [0.4, 0.5) is 0 Å². The van der Waals surface area contributed by atoms with Crippen LogP contribution in [0.3, 0.4) is 0 Å². The van der Waals surface area contributed by atoms with Crippen molar-refractivity contribution in [1.82, 2.24) is 9.97 Å². The van der Waals surface area contributed by atoms with Gasteiger partial charge in [-0.25, -0.2) is 0 Å². The van der Waals surface area contributed by atoms with E-state index in [1.807, 2.05) is 26.0 Å². The lowest BCUT2D eigenvalue weighted by Crippen LogP contribution is -2.24. The first kappa shape index (κ1) is 13.0. The average molecular weight is 257 g/mol. The molecular weight excluding hydrogens is 242 g/mol. The molecule has 0 saturated heterocycles. The molecule has 0 saturated carbocycles. The van der Waals surface area contributed by atoms with E-state index in [1.165, 1.54) is 6.07 Å². The molecule has 0 bridgehead atoms. The van der Waals surface area contributed by atoms with Gasteiger partial charge in [0, 0.05) is 17.0 Å². The quantitative estimate of drug-likeness (QED) is 0.853. The van der Waals surface area contributed by atoms with Crippen LogP contribution < -0.4 is 11.3 Å². The van der Waals surface area contributed by atoms with Crippen LogP contribution in [0.5, 0.6) is 0 Å². The number of pyridine rings is 2. The van der Waals surface area contributed by atoms with Gasteiger partial charge in [-0.15, -0.1) is 0 Å². The number of nitrogens with two attached hydrogens (primary N) is 1. The van der Waals surface area contributed by atoms with E-state index in [9.17, 15) is 9.59 Å². The van der Waals surface area contributed by atoms with E-state index in [2.05, 4.69) is 9.97 Å². The second-order valence-corrected chi connectivity index (χ2v) is 4.59. The highest BCUT2D eigenvalue weighted by atomic mass is 16.2. The van der Waals surface area contributed by atoms with Crippen LogP contribution in [0.1, 0.15) is 27.3 Å². The minimum atomic E-state index is -0.744. The fraction of sp³-hybridized carbons (Fsp3) is 0.214. The van der Waals surface area contributed by atoms with Gasteiger partial charge in [0.15, 0.2) is 0 Å². The van der Waals surface area contributed by atoms with Crippen LogP contribution in [-0.2, 0) is 0 Å². The van der Waals surface area contributed by atoms with Gasteiger partial charge in [-0.3, -0.25) is 14.6 Å². The lowest BCUT2D eigenvalue weighted by Gasteiger charge is -2.08. The van der Waals surface area contributed by atoms with Crippen molar-refractivity contribution in [2.45, 2.75) is 20.8 Å². The molecule has 1 amide bonds. The van der Waals surface area contributed by atoms with Crippen LogP contribution in [0, 0.1) is 20.8 Å². The summed E-state index contributed by atoms with van der Waals surface area (Å²) in [4.78, 5) is 29.9. The summed E-state index contributed by atoms with van der Waals surface area (Å²) in [6.07, 6.45) is 0. The van der Waals surface area contributed by atoms with Gasteiger partial charge in [-0.2, -0.15) is 0 Å². The van der Waals surface area contributed by atoms with E-state index in [4.69, 9.17) is 5.73 Å². The first-order chi connectivity index (χ1) is 8.88. The number of hydrogen-bond acceptors (Lipinski definition) is 3. The molecule has 5 nitrogen and oxygen atoms in total. The molecule has 2 aromatic rings. The zero-order chi connectivity index (χ0) is 14.2. The van der Waals surface area contributed by atoms with Gasteiger partial charge in [0.05, 0.1) is 5.69 Å². The number of aryl methyl sites for hydroxylation is 3. The van der Waals surface area contributed by atoms with Crippen LogP contribution in [0.2, 0.25) is 0 Å². The molecular formula is C14H15N3O2. The molecule has 0 aliphatic heterocycles. The van der Waals surface area contributed by atoms with Crippen molar-refractivity contribution in [2.75, 3.05) is 0 Å². The largest absolute Gasteiger partial charge is 0.365 e. The molecule has 2 rings (SSSR count). The first-order valence-electron chi connectivity index (χ1n) is 5.88. The summed E-state index contributed by atoms with van der Waals surface area (Å²) in [7, 11) is 0. The fourth-order valence-electron chi connectivity index (χ4n) is 2.05. The molecule has 2 heterocycles. The Bertz CT molecular complexity index is 697. The number of H-pyrrole nitrogens is 1. The monoisotopic (exact) mass is 257 g/mol. The van der Waals surface area contributed by atoms with Gasteiger partial charge in [-0.1, -0.05) is 0 Å². The maximum absolute atomic E-state index is 11.6. The van der Waals surface area contributed by atoms with Gasteiger partial charge >= 0.3 is 0 Å². The van der Waals surface area contributed by atoms with Gasteiger partial charge in [0.1, 0.15) is 5.56 Å². The molecule has 0 fully saturated rings. The Labute approximate surface area is 110 Å². The van der Waals surface area contributed by atoms with E-state index in [0.29, 0.717) is 17.0 Å². The SMILES string of the molecule is Cc1cc(C)nc(-c2cc(C(N)=O)c(=O)[nH]c2C)c1. The number of nitrogens with one attached hydrogen (secondary N) is 1. The number of nitrogens with zero attached hydrogens (tertiary/aromatic N) is 1. The molecule has 0 atom stereocenters. The van der Waals surface area contributed by atoms with Crippen molar-refractivity contribution in [3.63, 3.8) is 0 Å². The van der Waals surface area contributed by atoms with E-state index >= 15 is 0 Å². The van der Waals surface area contributed by atoms with Crippen molar-refractivity contribution in [1.29, 1.82) is 0 Å². The Morgan fingerprint density at radius 2 is 1.89 bits per heavy atom. The lowest BCUT2D eigenvalue weighted by molar-refractivity contribution is 0.0999. The summed E-state index contributed by atoms with van der Waals surface area (Å²) < 4.78 is 0. The van der Waals surface area contributed by atoms with Crippen LogP contribution in [0.15, 0.2) is 23.0 Å². The number of carbonyl (C=O) groups is 1. The molecule has 3 N–H and O–H groups in total. The van der Waals surface area contributed by atoms with Gasteiger partial charge in [0.2, 0.25) is 0 Å². The summed E-state index contributed by atoms with van der Waals surface area (Å²) in [5, 5.41) is 0. The molecule has 0 spiro atoms. The average Bonchev–Trinajstić information content (AvgIpc) is 2.26. The second kappa shape index (κ2) is 4.68. The molecule has 5 heteroatoms. The number of rotatable bonds is 2. The third-order valence-corrected chi connectivity index (χ3v) is 2.88. The Morgan fingerprint density at radius 1 is 1.21 bits per heavy atom. The van der Waals surface area contributed by atoms with E-state index in [0.717, 1.165) is 11.3 Å². The topological polar surface area (TPSA) is 88.8 Å². The maximum Gasteiger partial charge on any atom is 0.261 e. The Kier molecular flexibility index (Phi) is 3.21. The van der Waals surface area contributed by atoms with Crippen molar-refractivity contribution < 1.29 is 4.79 Å². The highest BCUT2D eigenvalue weighted by Crippen LogP contribution is 2.21. The third kappa shape index (κ3) is 2.54. The van der Waals surface area contributed by atoms with Crippen molar-refractivity contribution >= 4 is 5.91 Å². The Morgan fingerprint density at radius 3 is 2.47 bits per heavy atom. The van der Waals surface area contributed by atoms with Gasteiger partial charge in [-0.05, 0) is 44.5 Å². The van der Waals surface area contributed by atoms with Crippen molar-refractivity contribution in [3.8, 4) is 11.3 Å². The second-order valence-electron chi connectivity index (χ2n) is 4.59. The molecule has 2 aromatic heterocycles. The molecule has 0 aliphatic rings. The molecule has 0 radical (unpaired) electrons. The van der Waals surface area contributed by atoms with Crippen LogP contribution >= 0.6 is 0 Å². The first-order valence-corrected chi connectivity index (χ1v) is 5.88. The number of amides is 1. The number of hydrogen-bond donors (Lipinski definition) is 2. The zero-order valence-corrected chi connectivity index (χ0v) is 11.1. The smallest absolute Gasteiger partial charge is 0.261 e. The fourth-order valence-corrected chi connectivity index (χ4v) is 2.05. The molecule has 0 aliphatic carbocycles. The lowest BCUT2D eigenvalue weighted by atomic mass is 10.0. The predicted octanol–water partition coefficient (Wildman–Crippen LogP) is 1.46. The highest BCUT2D eigenvalue weighted by Gasteiger charge is 2.12. The van der Waals surface area contributed by atoms with E-state index in [1.54, 1.807) is 6.92 Å². The van der Waals surface area contributed by atoms with Crippen LogP contribution in [-0.4, -0.2) is 15.9 Å². The summed E-state index contributed by atoms with van der Waals surface area (Å²) in [6, 6.07) is 5.36. The zero-order valence-electron chi connectivity index (χ0n) is 11.1. The molecule has 0 aromatic carbocycles. The highest BCUT2D eigenvalue weighted by molar-refractivity contribution is 5.93. The summed E-state index contributed by atoms with van der Waals surface area (Å²) in [6.45, 7) is 5.63. The minimum Gasteiger partial charge on any atom is -0.365 e. The molecule has 0 unspecified atom stereocenters. The Hall–Kier alpha value is -2.43.